The molecule has 0 saturated carbocycles. The number of benzene rings is 2. The van der Waals surface area contributed by atoms with Crippen LogP contribution in [0, 0.1) is 18.7 Å². The summed E-state index contributed by atoms with van der Waals surface area (Å²) in [5, 5.41) is 5.32. The van der Waals surface area contributed by atoms with Crippen molar-refractivity contribution in [1.29, 1.82) is 0 Å². The van der Waals surface area contributed by atoms with Crippen molar-refractivity contribution in [3.63, 3.8) is 0 Å². The molecule has 144 valence electrons. The van der Waals surface area contributed by atoms with Crippen LogP contribution in [0.5, 0.6) is 0 Å². The van der Waals surface area contributed by atoms with Crippen molar-refractivity contribution < 1.29 is 18.7 Å². The Morgan fingerprint density at radius 3 is 2.48 bits per heavy atom. The van der Waals surface area contributed by atoms with Crippen molar-refractivity contribution in [3.8, 4) is 0 Å². The highest BCUT2D eigenvalue weighted by atomic mass is 19.1. The lowest BCUT2D eigenvalue weighted by Crippen LogP contribution is -2.47. The fourth-order valence-corrected chi connectivity index (χ4v) is 2.55. The van der Waals surface area contributed by atoms with E-state index < -0.39 is 23.9 Å². The smallest absolute Gasteiger partial charge is 0.408 e. The SMILES string of the molecule is CCC(C)C(NC(=O)OCc1ccccc1)C(=O)Nc1cccc(F)c1C. The molecule has 0 aliphatic rings. The standard InChI is InChI=1S/C21H25FN2O3/c1-4-14(2)19(20(25)23-18-12-8-11-17(22)15(18)3)24-21(26)27-13-16-9-6-5-7-10-16/h5-12,14,19H,4,13H2,1-3H3,(H,23,25)(H,24,26). The highest BCUT2D eigenvalue weighted by Gasteiger charge is 2.27. The summed E-state index contributed by atoms with van der Waals surface area (Å²) < 4.78 is 18.9. The zero-order valence-corrected chi connectivity index (χ0v) is 15.8. The maximum atomic E-state index is 13.7. The summed E-state index contributed by atoms with van der Waals surface area (Å²) in [5.41, 5.74) is 1.58. The quantitative estimate of drug-likeness (QED) is 0.756. The lowest BCUT2D eigenvalue weighted by Gasteiger charge is -2.23. The van der Waals surface area contributed by atoms with E-state index in [9.17, 15) is 14.0 Å². The van der Waals surface area contributed by atoms with Crippen molar-refractivity contribution >= 4 is 17.7 Å². The van der Waals surface area contributed by atoms with Crippen LogP contribution in [0.1, 0.15) is 31.4 Å². The number of hydrogen-bond acceptors (Lipinski definition) is 3. The fourth-order valence-electron chi connectivity index (χ4n) is 2.55. The van der Waals surface area contributed by atoms with Crippen molar-refractivity contribution in [1.82, 2.24) is 5.32 Å². The summed E-state index contributed by atoms with van der Waals surface area (Å²) in [6.45, 7) is 5.49. The minimum Gasteiger partial charge on any atom is -0.445 e. The van der Waals surface area contributed by atoms with Crippen molar-refractivity contribution in [2.24, 2.45) is 5.92 Å². The molecule has 2 aromatic carbocycles. The molecule has 0 aliphatic carbocycles. The predicted molar refractivity (Wildman–Crippen MR) is 103 cm³/mol. The fraction of sp³-hybridized carbons (Fsp3) is 0.333. The number of hydrogen-bond donors (Lipinski definition) is 2. The number of ether oxygens (including phenoxy) is 1. The predicted octanol–water partition coefficient (Wildman–Crippen LogP) is 4.41. The van der Waals surface area contributed by atoms with E-state index >= 15 is 0 Å². The summed E-state index contributed by atoms with van der Waals surface area (Å²) in [7, 11) is 0. The van der Waals surface area contributed by atoms with Crippen molar-refractivity contribution in [2.45, 2.75) is 39.8 Å². The Labute approximate surface area is 158 Å². The zero-order chi connectivity index (χ0) is 19.8. The second kappa shape index (κ2) is 9.71. The first-order valence-corrected chi connectivity index (χ1v) is 8.95. The third kappa shape index (κ3) is 5.81. The molecule has 0 aromatic heterocycles. The van der Waals surface area contributed by atoms with E-state index in [1.807, 2.05) is 44.2 Å². The molecule has 2 atom stereocenters. The van der Waals surface area contributed by atoms with Gasteiger partial charge in [0, 0.05) is 11.3 Å². The second-order valence-electron chi connectivity index (χ2n) is 6.47. The van der Waals surface area contributed by atoms with Gasteiger partial charge in [-0.1, -0.05) is 56.7 Å². The number of anilines is 1. The molecule has 5 nitrogen and oxygen atoms in total. The van der Waals surface area contributed by atoms with Crippen LogP contribution >= 0.6 is 0 Å². The summed E-state index contributed by atoms with van der Waals surface area (Å²) in [4.78, 5) is 24.8. The molecule has 2 amide bonds. The van der Waals surface area contributed by atoms with E-state index in [0.29, 0.717) is 17.7 Å². The molecule has 2 N–H and O–H groups in total. The van der Waals surface area contributed by atoms with Crippen LogP contribution in [0.4, 0.5) is 14.9 Å². The average molecular weight is 372 g/mol. The normalized spacial score (nSPS) is 12.7. The van der Waals surface area contributed by atoms with Gasteiger partial charge in [-0.15, -0.1) is 0 Å². The highest BCUT2D eigenvalue weighted by Crippen LogP contribution is 2.19. The van der Waals surface area contributed by atoms with Gasteiger partial charge in [-0.2, -0.15) is 0 Å². The largest absolute Gasteiger partial charge is 0.445 e. The molecule has 0 spiro atoms. The van der Waals surface area contributed by atoms with Gasteiger partial charge in [0.05, 0.1) is 0 Å². The van der Waals surface area contributed by atoms with E-state index in [2.05, 4.69) is 10.6 Å². The molecule has 2 unspecified atom stereocenters. The lowest BCUT2D eigenvalue weighted by atomic mass is 9.98. The molecule has 0 bridgehead atoms. The Kier molecular flexibility index (Phi) is 7.34. The van der Waals surface area contributed by atoms with Crippen molar-refractivity contribution in [3.05, 3.63) is 65.5 Å². The Morgan fingerprint density at radius 2 is 1.81 bits per heavy atom. The number of amides is 2. The molecular formula is C21H25FN2O3. The molecule has 2 rings (SSSR count). The third-order valence-electron chi connectivity index (χ3n) is 4.51. The molecule has 0 fully saturated rings. The van der Waals surface area contributed by atoms with Crippen LogP contribution in [0.25, 0.3) is 0 Å². The molecular weight excluding hydrogens is 347 g/mol. The monoisotopic (exact) mass is 372 g/mol. The Balaban J connectivity index is 2.02. The van der Waals surface area contributed by atoms with Gasteiger partial charge < -0.3 is 15.4 Å². The Bertz CT molecular complexity index is 780. The summed E-state index contributed by atoms with van der Waals surface area (Å²) in [6.07, 6.45) is 0.00870. The van der Waals surface area contributed by atoms with Crippen LogP contribution in [-0.4, -0.2) is 18.0 Å². The number of halogens is 1. The van der Waals surface area contributed by atoms with Crippen LogP contribution in [-0.2, 0) is 16.1 Å². The van der Waals surface area contributed by atoms with E-state index in [1.54, 1.807) is 13.0 Å². The molecule has 2 aromatic rings. The first-order valence-electron chi connectivity index (χ1n) is 8.95. The molecule has 27 heavy (non-hydrogen) atoms. The lowest BCUT2D eigenvalue weighted by molar-refractivity contribution is -0.119. The van der Waals surface area contributed by atoms with Crippen LogP contribution in [0.15, 0.2) is 48.5 Å². The van der Waals surface area contributed by atoms with Gasteiger partial charge in [0.25, 0.3) is 0 Å². The topological polar surface area (TPSA) is 67.4 Å². The second-order valence-corrected chi connectivity index (χ2v) is 6.47. The van der Waals surface area contributed by atoms with E-state index in [4.69, 9.17) is 4.74 Å². The molecule has 0 radical (unpaired) electrons. The number of carbonyl (C=O) groups is 2. The van der Waals surface area contributed by atoms with Gasteiger partial charge in [-0.25, -0.2) is 9.18 Å². The summed E-state index contributed by atoms with van der Waals surface area (Å²) in [5.74, 6) is -0.930. The van der Waals surface area contributed by atoms with Crippen LogP contribution in [0.2, 0.25) is 0 Å². The van der Waals surface area contributed by atoms with Gasteiger partial charge >= 0.3 is 6.09 Å². The zero-order valence-electron chi connectivity index (χ0n) is 15.8. The summed E-state index contributed by atoms with van der Waals surface area (Å²) in [6, 6.07) is 13.0. The van der Waals surface area contributed by atoms with Gasteiger partial charge in [-0.3, -0.25) is 4.79 Å². The highest BCUT2D eigenvalue weighted by molar-refractivity contribution is 5.97. The van der Waals surface area contributed by atoms with Gasteiger partial charge in [-0.05, 0) is 30.5 Å². The minimum atomic E-state index is -0.791. The van der Waals surface area contributed by atoms with Gasteiger partial charge in [0.1, 0.15) is 18.5 Å². The molecule has 0 aliphatic heterocycles. The van der Waals surface area contributed by atoms with Crippen molar-refractivity contribution in [2.75, 3.05) is 5.32 Å². The van der Waals surface area contributed by atoms with Gasteiger partial charge in [0.15, 0.2) is 0 Å². The number of rotatable bonds is 7. The molecule has 0 heterocycles. The number of nitrogens with one attached hydrogen (secondary N) is 2. The van der Waals surface area contributed by atoms with E-state index in [0.717, 1.165) is 5.56 Å². The first kappa shape index (κ1) is 20.4. The molecule has 6 heteroatoms. The summed E-state index contributed by atoms with van der Waals surface area (Å²) >= 11 is 0. The average Bonchev–Trinajstić information content (AvgIpc) is 2.68. The first-order chi connectivity index (χ1) is 12.9. The van der Waals surface area contributed by atoms with Crippen LogP contribution in [0.3, 0.4) is 0 Å². The van der Waals surface area contributed by atoms with Gasteiger partial charge in [0.2, 0.25) is 5.91 Å². The maximum Gasteiger partial charge on any atom is 0.408 e. The minimum absolute atomic E-state index is 0.116. The number of carbonyl (C=O) groups excluding carboxylic acids is 2. The Morgan fingerprint density at radius 1 is 1.11 bits per heavy atom. The third-order valence-corrected chi connectivity index (χ3v) is 4.51. The van der Waals surface area contributed by atoms with Crippen LogP contribution < -0.4 is 10.6 Å². The Hall–Kier alpha value is -2.89. The number of alkyl carbamates (subject to hydrolysis) is 1. The van der Waals surface area contributed by atoms with E-state index in [1.165, 1.54) is 12.1 Å². The molecule has 0 saturated heterocycles. The van der Waals surface area contributed by atoms with E-state index in [-0.39, 0.29) is 12.5 Å². The maximum absolute atomic E-state index is 13.7.